The van der Waals surface area contributed by atoms with Crippen LogP contribution in [0.25, 0.3) is 22.5 Å². The zero-order valence-electron chi connectivity index (χ0n) is 36.8. The van der Waals surface area contributed by atoms with E-state index in [-0.39, 0.29) is 74.1 Å². The lowest BCUT2D eigenvalue weighted by Gasteiger charge is -2.29. The van der Waals surface area contributed by atoms with Crippen molar-refractivity contribution >= 4 is 29.4 Å². The highest BCUT2D eigenvalue weighted by Gasteiger charge is 2.29. The summed E-state index contributed by atoms with van der Waals surface area (Å²) in [4.78, 5) is 52.4. The molecule has 1 unspecified atom stereocenters. The minimum Gasteiger partial charge on any atom is -0.448 e. The second-order valence-corrected chi connectivity index (χ2v) is 16.8. The number of nitrogens with zero attached hydrogens (tertiary/aromatic N) is 4. The number of nitrogens with two attached hydrogens (primary N) is 1. The van der Waals surface area contributed by atoms with Crippen molar-refractivity contribution in [3.8, 4) is 22.5 Å². The van der Waals surface area contributed by atoms with E-state index in [0.717, 1.165) is 22.4 Å². The summed E-state index contributed by atoms with van der Waals surface area (Å²) in [7, 11) is 1.65. The van der Waals surface area contributed by atoms with Gasteiger partial charge in [-0.15, -0.1) is 5.10 Å². The molecule has 3 amide bonds. The van der Waals surface area contributed by atoms with E-state index in [0.29, 0.717) is 76.8 Å². The average molecular weight is 851 g/mol. The van der Waals surface area contributed by atoms with Gasteiger partial charge in [-0.3, -0.25) is 20.2 Å². The van der Waals surface area contributed by atoms with Crippen molar-refractivity contribution < 1.29 is 42.9 Å². The number of benzene rings is 2. The zero-order chi connectivity index (χ0) is 44.3. The lowest BCUT2D eigenvalue weighted by molar-refractivity contribution is -0.123. The SMILES string of the molecule is COCCOCC(C)(C)COCC(C)(C)COCCC(=O)NCCC(=O)N1Cc2ccccc2-c2c(nnn2CCOC(=O)NCCCCC(NN)C(C)=O)-c2ccccc21. The maximum atomic E-state index is 13.9. The van der Waals surface area contributed by atoms with E-state index in [9.17, 15) is 19.2 Å². The van der Waals surface area contributed by atoms with Gasteiger partial charge in [0, 0.05) is 55.0 Å². The van der Waals surface area contributed by atoms with Crippen LogP contribution in [0.4, 0.5) is 10.5 Å². The molecule has 1 aromatic heterocycles. The number of alkyl carbamates (subject to hydrolysis) is 1. The smallest absolute Gasteiger partial charge is 0.407 e. The van der Waals surface area contributed by atoms with Crippen molar-refractivity contribution in [3.63, 3.8) is 0 Å². The van der Waals surface area contributed by atoms with Crippen LogP contribution in [0.5, 0.6) is 0 Å². The number of hydrogen-bond acceptors (Lipinski definition) is 13. The van der Waals surface area contributed by atoms with Crippen LogP contribution in [0, 0.1) is 10.8 Å². The maximum Gasteiger partial charge on any atom is 0.407 e. The zero-order valence-corrected chi connectivity index (χ0v) is 36.8. The van der Waals surface area contributed by atoms with Gasteiger partial charge in [0.05, 0.1) is 76.8 Å². The molecule has 4 rings (SSSR count). The molecule has 61 heavy (non-hydrogen) atoms. The third kappa shape index (κ3) is 15.9. The van der Waals surface area contributed by atoms with E-state index < -0.39 is 12.1 Å². The number of Topliss-reactive ketones (excluding diaryl/α,β-unsaturated/α-hetero) is 1. The Labute approximate surface area is 359 Å². The molecule has 1 aliphatic heterocycles. The highest BCUT2D eigenvalue weighted by atomic mass is 16.5. The fraction of sp³-hybridized carbons (Fsp3) is 0.591. The molecule has 17 heteroatoms. The summed E-state index contributed by atoms with van der Waals surface area (Å²) in [5, 5.41) is 14.6. The molecular weight excluding hydrogens is 785 g/mol. The molecule has 0 fully saturated rings. The number of carbonyl (C=O) groups is 4. The minimum absolute atomic E-state index is 0.0278. The maximum absolute atomic E-state index is 13.9. The molecule has 3 aromatic rings. The summed E-state index contributed by atoms with van der Waals surface area (Å²) in [6.07, 6.45) is 1.66. The van der Waals surface area contributed by atoms with Gasteiger partial charge in [-0.25, -0.2) is 14.9 Å². The first-order valence-electron chi connectivity index (χ1n) is 21.0. The third-order valence-electron chi connectivity index (χ3n) is 10.0. The first kappa shape index (κ1) is 48.9. The molecule has 0 saturated heterocycles. The summed E-state index contributed by atoms with van der Waals surface area (Å²) >= 11 is 0. The first-order valence-corrected chi connectivity index (χ1v) is 21.0. The molecule has 0 saturated carbocycles. The van der Waals surface area contributed by atoms with Gasteiger partial charge in [0.1, 0.15) is 18.1 Å². The Balaban J connectivity index is 1.27. The fourth-order valence-electron chi connectivity index (χ4n) is 6.76. The van der Waals surface area contributed by atoms with E-state index >= 15 is 0 Å². The number of anilines is 1. The molecule has 0 aliphatic carbocycles. The average Bonchev–Trinajstić information content (AvgIpc) is 3.63. The molecule has 17 nitrogen and oxygen atoms in total. The number of amides is 3. The van der Waals surface area contributed by atoms with Gasteiger partial charge in [-0.2, -0.15) is 0 Å². The van der Waals surface area contributed by atoms with Crippen LogP contribution >= 0.6 is 0 Å². The van der Waals surface area contributed by atoms with Crippen LogP contribution in [-0.4, -0.2) is 118 Å². The normalized spacial score (nSPS) is 13.0. The molecule has 1 atom stereocenters. The number of nitrogens with one attached hydrogen (secondary N) is 3. The number of ketones is 1. The van der Waals surface area contributed by atoms with Crippen LogP contribution in [0.3, 0.4) is 0 Å². The Morgan fingerprint density at radius 2 is 1.48 bits per heavy atom. The molecule has 1 aliphatic rings. The van der Waals surface area contributed by atoms with E-state index in [1.807, 2.05) is 48.5 Å². The second kappa shape index (κ2) is 24.6. The fourth-order valence-corrected chi connectivity index (χ4v) is 6.76. The van der Waals surface area contributed by atoms with Crippen LogP contribution < -0.4 is 26.8 Å². The largest absolute Gasteiger partial charge is 0.448 e. The summed E-state index contributed by atoms with van der Waals surface area (Å²) in [6, 6.07) is 14.9. The van der Waals surface area contributed by atoms with E-state index in [1.165, 1.54) is 6.92 Å². The number of aromatic nitrogens is 3. The molecule has 336 valence electrons. The highest BCUT2D eigenvalue weighted by Crippen LogP contribution is 2.41. The predicted octanol–water partition coefficient (Wildman–Crippen LogP) is 4.42. The quantitative estimate of drug-likeness (QED) is 0.0476. The van der Waals surface area contributed by atoms with Crippen LogP contribution in [0.2, 0.25) is 0 Å². The first-order chi connectivity index (χ1) is 29.2. The lowest BCUT2D eigenvalue weighted by Crippen LogP contribution is -2.40. The Morgan fingerprint density at radius 1 is 0.803 bits per heavy atom. The van der Waals surface area contributed by atoms with E-state index in [2.05, 4.69) is 54.1 Å². The van der Waals surface area contributed by atoms with Crippen molar-refractivity contribution in [2.75, 3.05) is 78.0 Å². The molecule has 0 radical (unpaired) electrons. The summed E-state index contributed by atoms with van der Waals surface area (Å²) < 4.78 is 29.7. The number of unbranched alkanes of at least 4 members (excludes halogenated alkanes) is 1. The van der Waals surface area contributed by atoms with Crippen molar-refractivity contribution in [2.24, 2.45) is 16.7 Å². The Morgan fingerprint density at radius 3 is 2.18 bits per heavy atom. The van der Waals surface area contributed by atoms with E-state index in [1.54, 1.807) is 16.7 Å². The molecule has 2 heterocycles. The van der Waals surface area contributed by atoms with Gasteiger partial charge in [0.2, 0.25) is 11.8 Å². The second-order valence-electron chi connectivity index (χ2n) is 16.8. The van der Waals surface area contributed by atoms with Gasteiger partial charge in [-0.1, -0.05) is 75.4 Å². The van der Waals surface area contributed by atoms with Gasteiger partial charge in [-0.05, 0) is 37.8 Å². The van der Waals surface area contributed by atoms with Crippen molar-refractivity contribution in [2.45, 2.75) is 85.9 Å². The van der Waals surface area contributed by atoms with E-state index in [4.69, 9.17) is 29.5 Å². The number of hydrazine groups is 1. The molecular formula is C44H66N8O9. The van der Waals surface area contributed by atoms with Crippen LogP contribution in [0.15, 0.2) is 48.5 Å². The van der Waals surface area contributed by atoms with Gasteiger partial charge in [0.25, 0.3) is 0 Å². The molecule has 0 bridgehead atoms. The van der Waals surface area contributed by atoms with Crippen molar-refractivity contribution in [3.05, 3.63) is 54.1 Å². The number of rotatable bonds is 27. The number of para-hydroxylation sites is 1. The molecule has 2 aromatic carbocycles. The number of hydrogen-bond donors (Lipinski definition) is 4. The van der Waals surface area contributed by atoms with Crippen molar-refractivity contribution in [1.82, 2.24) is 31.1 Å². The predicted molar refractivity (Wildman–Crippen MR) is 231 cm³/mol. The topological polar surface area (TPSA) is 210 Å². The lowest BCUT2D eigenvalue weighted by atomic mass is 9.94. The van der Waals surface area contributed by atoms with Gasteiger partial charge in [0.15, 0.2) is 0 Å². The standard InChI is InChI=1S/C44H66N8O9/c1-32(53)36(48-45)16-11-12-20-47-42(56)61-24-22-52-41-34-14-8-7-13-33(34)27-51(37-17-10-9-15-35(37)40(41)49-50-52)39(55)18-21-46-38(54)19-23-58-28-43(2,3)30-60-31-44(4,5)29-59-26-25-57-6/h7-10,13-15,17,36,48H,11-12,16,18-31,45H2,1-6H3,(H,46,54)(H,47,56). The van der Waals surface area contributed by atoms with Crippen LogP contribution in [-0.2, 0) is 51.2 Å². The number of fused-ring (bicyclic) bond motifs is 5. The van der Waals surface area contributed by atoms with Gasteiger partial charge >= 0.3 is 6.09 Å². The number of ether oxygens (including phenoxy) is 5. The monoisotopic (exact) mass is 850 g/mol. The summed E-state index contributed by atoms with van der Waals surface area (Å²) in [5.74, 6) is 5.04. The van der Waals surface area contributed by atoms with Crippen molar-refractivity contribution in [1.29, 1.82) is 0 Å². The number of carbonyl (C=O) groups excluding carboxylic acids is 4. The summed E-state index contributed by atoms with van der Waals surface area (Å²) in [6.45, 7) is 14.4. The molecule has 0 spiro atoms. The summed E-state index contributed by atoms with van der Waals surface area (Å²) in [5.41, 5.74) is 6.61. The van der Waals surface area contributed by atoms with Gasteiger partial charge < -0.3 is 39.2 Å². The minimum atomic E-state index is -0.551. The van der Waals surface area contributed by atoms with Crippen LogP contribution in [0.1, 0.15) is 72.3 Å². The highest BCUT2D eigenvalue weighted by molar-refractivity contribution is 6.00. The Hall–Kier alpha value is -4.78. The third-order valence-corrected chi connectivity index (χ3v) is 10.0. The number of methoxy groups -OCH3 is 1. The Kier molecular flexibility index (Phi) is 19.7. The Bertz CT molecular complexity index is 1870. The molecule has 5 N–H and O–H groups in total.